The molecule has 0 spiro atoms. The highest BCUT2D eigenvalue weighted by Gasteiger charge is 2.28. The van der Waals surface area contributed by atoms with E-state index in [9.17, 15) is 0 Å². The predicted molar refractivity (Wildman–Crippen MR) is 41.3 cm³/mol. The predicted octanol–water partition coefficient (Wildman–Crippen LogP) is 0.139. The van der Waals surface area contributed by atoms with Crippen LogP contribution in [0.15, 0.2) is 0 Å². The lowest BCUT2D eigenvalue weighted by Gasteiger charge is -2.13. The molecule has 1 aliphatic heterocycles. The summed E-state index contributed by atoms with van der Waals surface area (Å²) < 4.78 is 10.8. The lowest BCUT2D eigenvalue weighted by Crippen LogP contribution is -2.35. The molecular weight excluding hydrogens is 142 g/mol. The smallest absolute Gasteiger partial charge is 0.0981 e. The van der Waals surface area contributed by atoms with E-state index >= 15 is 0 Å². The van der Waals surface area contributed by atoms with Gasteiger partial charge in [0.15, 0.2) is 0 Å². The quantitative estimate of drug-likeness (QED) is 0.633. The highest BCUT2D eigenvalue weighted by Crippen LogP contribution is 2.29. The molecule has 2 aliphatic rings. The standard InChI is InChI=1S/C8H15NO2/c9-7-4-10-5-8(7)11-3-6-1-2-6/h6-8H,1-5,9H2/t7-,8-/m1/s1. The van der Waals surface area contributed by atoms with Gasteiger partial charge in [-0.3, -0.25) is 0 Å². The molecule has 0 amide bonds. The first-order valence-corrected chi connectivity index (χ1v) is 4.31. The zero-order valence-electron chi connectivity index (χ0n) is 6.66. The molecule has 2 N–H and O–H groups in total. The molecule has 0 aromatic heterocycles. The summed E-state index contributed by atoms with van der Waals surface area (Å²) in [7, 11) is 0. The third-order valence-electron chi connectivity index (χ3n) is 2.31. The van der Waals surface area contributed by atoms with Crippen LogP contribution in [0.2, 0.25) is 0 Å². The molecule has 0 bridgehead atoms. The van der Waals surface area contributed by atoms with Gasteiger partial charge in [-0.15, -0.1) is 0 Å². The monoisotopic (exact) mass is 157 g/mol. The fraction of sp³-hybridized carbons (Fsp3) is 1.00. The van der Waals surface area contributed by atoms with Gasteiger partial charge < -0.3 is 15.2 Å². The summed E-state index contributed by atoms with van der Waals surface area (Å²) in [6.07, 6.45) is 2.83. The molecule has 2 fully saturated rings. The fourth-order valence-corrected chi connectivity index (χ4v) is 1.27. The molecule has 2 rings (SSSR count). The van der Waals surface area contributed by atoms with Gasteiger partial charge in [-0.2, -0.15) is 0 Å². The van der Waals surface area contributed by atoms with Gasteiger partial charge in [0.1, 0.15) is 0 Å². The minimum atomic E-state index is 0.105. The summed E-state index contributed by atoms with van der Waals surface area (Å²) in [5.41, 5.74) is 5.74. The number of nitrogens with two attached hydrogens (primary N) is 1. The Balaban J connectivity index is 1.67. The molecule has 0 unspecified atom stereocenters. The molecule has 11 heavy (non-hydrogen) atoms. The van der Waals surface area contributed by atoms with Gasteiger partial charge in [0.25, 0.3) is 0 Å². The first-order valence-electron chi connectivity index (χ1n) is 4.31. The summed E-state index contributed by atoms with van der Waals surface area (Å²) in [5.74, 6) is 0.822. The molecule has 0 aromatic carbocycles. The first kappa shape index (κ1) is 7.53. The van der Waals surface area contributed by atoms with Crippen molar-refractivity contribution in [1.29, 1.82) is 0 Å². The van der Waals surface area contributed by atoms with Gasteiger partial charge >= 0.3 is 0 Å². The van der Waals surface area contributed by atoms with Crippen LogP contribution in [-0.4, -0.2) is 32.0 Å². The highest BCUT2D eigenvalue weighted by atomic mass is 16.5. The van der Waals surface area contributed by atoms with Gasteiger partial charge in [-0.25, -0.2) is 0 Å². The van der Waals surface area contributed by atoms with E-state index in [2.05, 4.69) is 0 Å². The largest absolute Gasteiger partial charge is 0.377 e. The molecule has 1 saturated carbocycles. The Morgan fingerprint density at radius 2 is 2.18 bits per heavy atom. The summed E-state index contributed by atoms with van der Waals surface area (Å²) in [4.78, 5) is 0. The van der Waals surface area contributed by atoms with Crippen molar-refractivity contribution in [3.63, 3.8) is 0 Å². The van der Waals surface area contributed by atoms with E-state index in [1.54, 1.807) is 0 Å². The zero-order chi connectivity index (χ0) is 7.68. The van der Waals surface area contributed by atoms with Crippen molar-refractivity contribution in [2.45, 2.75) is 25.0 Å². The van der Waals surface area contributed by atoms with E-state index in [-0.39, 0.29) is 12.1 Å². The molecule has 3 heteroatoms. The van der Waals surface area contributed by atoms with Gasteiger partial charge in [-0.1, -0.05) is 0 Å². The molecule has 0 aromatic rings. The second kappa shape index (κ2) is 3.09. The summed E-state index contributed by atoms with van der Waals surface area (Å²) in [6.45, 7) is 2.24. The first-order chi connectivity index (χ1) is 5.36. The highest BCUT2D eigenvalue weighted by molar-refractivity contribution is 4.80. The van der Waals surface area contributed by atoms with E-state index in [4.69, 9.17) is 15.2 Å². The maximum absolute atomic E-state index is 5.74. The van der Waals surface area contributed by atoms with Crippen LogP contribution in [0.4, 0.5) is 0 Å². The minimum Gasteiger partial charge on any atom is -0.377 e. The molecule has 1 saturated heterocycles. The van der Waals surface area contributed by atoms with Crippen LogP contribution in [0.3, 0.4) is 0 Å². The molecule has 3 nitrogen and oxygen atoms in total. The van der Waals surface area contributed by atoms with Gasteiger partial charge in [0, 0.05) is 6.61 Å². The Morgan fingerprint density at radius 3 is 2.73 bits per heavy atom. The third kappa shape index (κ3) is 1.92. The fourth-order valence-electron chi connectivity index (χ4n) is 1.27. The zero-order valence-corrected chi connectivity index (χ0v) is 6.66. The van der Waals surface area contributed by atoms with Crippen molar-refractivity contribution in [1.82, 2.24) is 0 Å². The van der Waals surface area contributed by atoms with Gasteiger partial charge in [0.05, 0.1) is 25.4 Å². The number of rotatable bonds is 3. The number of hydrogen-bond acceptors (Lipinski definition) is 3. The van der Waals surface area contributed by atoms with Crippen molar-refractivity contribution >= 4 is 0 Å². The second-order valence-corrected chi connectivity index (χ2v) is 3.52. The normalized spacial score (nSPS) is 37.9. The van der Waals surface area contributed by atoms with Crippen molar-refractivity contribution in [2.75, 3.05) is 19.8 Å². The lowest BCUT2D eigenvalue weighted by molar-refractivity contribution is 0.0315. The number of hydrogen-bond donors (Lipinski definition) is 1. The van der Waals surface area contributed by atoms with Crippen LogP contribution in [0, 0.1) is 5.92 Å². The van der Waals surface area contributed by atoms with Crippen molar-refractivity contribution in [3.05, 3.63) is 0 Å². The summed E-state index contributed by atoms with van der Waals surface area (Å²) in [6, 6.07) is 0.105. The SMILES string of the molecule is N[C@@H]1COC[C@H]1OCC1CC1. The third-order valence-corrected chi connectivity index (χ3v) is 2.31. The van der Waals surface area contributed by atoms with Crippen LogP contribution >= 0.6 is 0 Å². The summed E-state index contributed by atoms with van der Waals surface area (Å²) >= 11 is 0. The van der Waals surface area contributed by atoms with Gasteiger partial charge in [-0.05, 0) is 18.8 Å². The molecule has 2 atom stereocenters. The van der Waals surface area contributed by atoms with E-state index in [1.807, 2.05) is 0 Å². The molecular formula is C8H15NO2. The van der Waals surface area contributed by atoms with Gasteiger partial charge in [0.2, 0.25) is 0 Å². The second-order valence-electron chi connectivity index (χ2n) is 3.52. The van der Waals surface area contributed by atoms with Crippen LogP contribution in [0.25, 0.3) is 0 Å². The topological polar surface area (TPSA) is 44.5 Å². The van der Waals surface area contributed by atoms with Crippen molar-refractivity contribution < 1.29 is 9.47 Å². The van der Waals surface area contributed by atoms with Crippen molar-refractivity contribution in [2.24, 2.45) is 11.7 Å². The van der Waals surface area contributed by atoms with Crippen LogP contribution in [0.5, 0.6) is 0 Å². The number of ether oxygens (including phenoxy) is 2. The Morgan fingerprint density at radius 1 is 1.36 bits per heavy atom. The van der Waals surface area contributed by atoms with Crippen LogP contribution in [0.1, 0.15) is 12.8 Å². The summed E-state index contributed by atoms with van der Waals surface area (Å²) in [5, 5.41) is 0. The Hall–Kier alpha value is -0.120. The van der Waals surface area contributed by atoms with E-state index in [1.165, 1.54) is 12.8 Å². The average Bonchev–Trinajstić information content (AvgIpc) is 2.73. The van der Waals surface area contributed by atoms with E-state index < -0.39 is 0 Å². The minimum absolute atomic E-state index is 0.105. The average molecular weight is 157 g/mol. The lowest BCUT2D eigenvalue weighted by atomic mass is 10.2. The molecule has 0 radical (unpaired) electrons. The molecule has 1 aliphatic carbocycles. The van der Waals surface area contributed by atoms with Crippen LogP contribution < -0.4 is 5.73 Å². The van der Waals surface area contributed by atoms with E-state index in [0.29, 0.717) is 13.2 Å². The van der Waals surface area contributed by atoms with Crippen molar-refractivity contribution in [3.8, 4) is 0 Å². The Labute approximate surface area is 66.8 Å². The van der Waals surface area contributed by atoms with E-state index in [0.717, 1.165) is 12.5 Å². The molecule has 64 valence electrons. The maximum atomic E-state index is 5.74. The molecule has 1 heterocycles. The Bertz CT molecular complexity index is 136. The maximum Gasteiger partial charge on any atom is 0.0981 e. The van der Waals surface area contributed by atoms with Crippen LogP contribution in [-0.2, 0) is 9.47 Å². The Kier molecular flexibility index (Phi) is 2.11.